The first-order valence-corrected chi connectivity index (χ1v) is 9.95. The van der Waals surface area contributed by atoms with Gasteiger partial charge in [0.05, 0.1) is 32.6 Å². The number of benzene rings is 1. The molecule has 6 nitrogen and oxygen atoms in total. The molecule has 1 saturated heterocycles. The van der Waals surface area contributed by atoms with Crippen molar-refractivity contribution < 1.29 is 19.0 Å². The summed E-state index contributed by atoms with van der Waals surface area (Å²) in [6.45, 7) is 4.10. The second-order valence-corrected chi connectivity index (χ2v) is 8.11. The van der Waals surface area contributed by atoms with Gasteiger partial charge in [-0.05, 0) is 37.3 Å². The molecule has 1 fully saturated rings. The second-order valence-electron chi connectivity index (χ2n) is 8.11. The van der Waals surface area contributed by atoms with E-state index in [1.54, 1.807) is 20.5 Å². The lowest BCUT2D eigenvalue weighted by Gasteiger charge is -2.49. The summed E-state index contributed by atoms with van der Waals surface area (Å²) in [7, 11) is 3.33. The molecule has 28 heavy (non-hydrogen) atoms. The molecule has 3 aliphatic heterocycles. The zero-order valence-corrected chi connectivity index (χ0v) is 16.5. The maximum atomic E-state index is 11.6. The second kappa shape index (κ2) is 6.55. The van der Waals surface area contributed by atoms with E-state index in [0.29, 0.717) is 12.0 Å². The van der Waals surface area contributed by atoms with E-state index < -0.39 is 0 Å². The molecule has 148 valence electrons. The Morgan fingerprint density at radius 2 is 2.04 bits per heavy atom. The number of fused-ring (bicyclic) bond motifs is 6. The maximum absolute atomic E-state index is 11.6. The fourth-order valence-electron chi connectivity index (χ4n) is 5.39. The molecule has 1 N–H and O–H groups in total. The minimum Gasteiger partial charge on any atom is -0.498 e. The summed E-state index contributed by atoms with van der Waals surface area (Å²) in [6.07, 6.45) is 4.75. The first kappa shape index (κ1) is 17.6. The molecule has 2 aromatic rings. The average Bonchev–Trinajstić information content (AvgIpc) is 3.10. The SMILES string of the molecule is COc1cc2[nH]c3c(c2cc1OC)CCN1CC2C(CC31)C(C=O)=CO[C@H]2C. The van der Waals surface area contributed by atoms with Crippen molar-refractivity contribution in [1.29, 1.82) is 0 Å². The molecule has 3 aliphatic rings. The van der Waals surface area contributed by atoms with Crippen LogP contribution >= 0.6 is 0 Å². The molecule has 6 heteroatoms. The van der Waals surface area contributed by atoms with Gasteiger partial charge < -0.3 is 19.2 Å². The van der Waals surface area contributed by atoms with Crippen molar-refractivity contribution in [3.8, 4) is 11.5 Å². The van der Waals surface area contributed by atoms with Crippen LogP contribution in [-0.2, 0) is 16.0 Å². The van der Waals surface area contributed by atoms with Crippen molar-refractivity contribution in [1.82, 2.24) is 9.88 Å². The standard InChI is InChI=1S/C22H26N2O4/c1-12-17-9-24-5-4-14-16-7-20(26-2)21(27-3)8-18(16)23-22(14)19(24)6-15(17)13(10-25)11-28-12/h7-8,10-12,15,17,19,23H,4-6,9H2,1-3H3/t12-,15?,17?,19?/m0/s1. The molecule has 3 unspecified atom stereocenters. The number of aromatic amines is 1. The molecule has 1 aromatic heterocycles. The highest BCUT2D eigenvalue weighted by Gasteiger charge is 2.45. The Morgan fingerprint density at radius 1 is 1.25 bits per heavy atom. The lowest BCUT2D eigenvalue weighted by atomic mass is 9.72. The fourth-order valence-corrected chi connectivity index (χ4v) is 5.39. The van der Waals surface area contributed by atoms with Crippen LogP contribution in [0.4, 0.5) is 0 Å². The number of aromatic nitrogens is 1. The van der Waals surface area contributed by atoms with Crippen molar-refractivity contribution in [2.75, 3.05) is 27.3 Å². The number of hydrogen-bond donors (Lipinski definition) is 1. The highest BCUT2D eigenvalue weighted by atomic mass is 16.5. The van der Waals surface area contributed by atoms with Crippen LogP contribution in [0.2, 0.25) is 0 Å². The van der Waals surface area contributed by atoms with Crippen molar-refractivity contribution in [3.05, 3.63) is 35.2 Å². The third kappa shape index (κ3) is 2.47. The molecule has 0 bridgehead atoms. The topological polar surface area (TPSA) is 63.8 Å². The van der Waals surface area contributed by atoms with Crippen LogP contribution in [0.3, 0.4) is 0 Å². The van der Waals surface area contributed by atoms with Crippen LogP contribution < -0.4 is 9.47 Å². The first-order chi connectivity index (χ1) is 13.6. The van der Waals surface area contributed by atoms with Gasteiger partial charge in [-0.25, -0.2) is 0 Å². The number of hydrogen-bond acceptors (Lipinski definition) is 5. The number of allylic oxidation sites excluding steroid dienone is 1. The molecule has 0 saturated carbocycles. The Balaban J connectivity index is 1.57. The number of carbonyl (C=O) groups is 1. The van der Waals surface area contributed by atoms with Gasteiger partial charge in [0.1, 0.15) is 6.29 Å². The number of nitrogens with one attached hydrogen (secondary N) is 1. The summed E-state index contributed by atoms with van der Waals surface area (Å²) in [6, 6.07) is 4.40. The smallest absolute Gasteiger partial charge is 0.162 e. The van der Waals surface area contributed by atoms with Gasteiger partial charge in [-0.2, -0.15) is 0 Å². The van der Waals surface area contributed by atoms with Crippen LogP contribution in [0.15, 0.2) is 24.0 Å². The number of nitrogens with zero attached hydrogens (tertiary/aromatic N) is 1. The molecule has 5 rings (SSSR count). The van der Waals surface area contributed by atoms with E-state index in [0.717, 1.165) is 54.8 Å². The molecule has 0 radical (unpaired) electrons. The van der Waals surface area contributed by atoms with E-state index in [4.69, 9.17) is 14.2 Å². The Kier molecular flexibility index (Phi) is 4.12. The van der Waals surface area contributed by atoms with Gasteiger partial charge in [0, 0.05) is 47.2 Å². The van der Waals surface area contributed by atoms with E-state index in [1.807, 2.05) is 6.07 Å². The number of ether oxygens (including phenoxy) is 3. The van der Waals surface area contributed by atoms with Crippen LogP contribution in [-0.4, -0.2) is 49.6 Å². The number of carbonyl (C=O) groups excluding carboxylic acids is 1. The van der Waals surface area contributed by atoms with Gasteiger partial charge in [-0.15, -0.1) is 0 Å². The fraction of sp³-hybridized carbons (Fsp3) is 0.500. The van der Waals surface area contributed by atoms with Gasteiger partial charge in [0.25, 0.3) is 0 Å². The van der Waals surface area contributed by atoms with Crippen LogP contribution in [0, 0.1) is 11.8 Å². The molecule has 0 amide bonds. The number of rotatable bonds is 3. The monoisotopic (exact) mass is 382 g/mol. The molecule has 1 aromatic carbocycles. The molecule has 4 atom stereocenters. The number of methoxy groups -OCH3 is 2. The normalized spacial score (nSPS) is 29.2. The summed E-state index contributed by atoms with van der Waals surface area (Å²) in [5.74, 6) is 2.11. The number of piperidine rings is 1. The molecule has 0 spiro atoms. The highest BCUT2D eigenvalue weighted by Crippen LogP contribution is 2.48. The Hall–Kier alpha value is -2.47. The van der Waals surface area contributed by atoms with Gasteiger partial charge in [-0.3, -0.25) is 9.69 Å². The van der Waals surface area contributed by atoms with Gasteiger partial charge in [0.2, 0.25) is 0 Å². The van der Waals surface area contributed by atoms with E-state index in [-0.39, 0.29) is 12.0 Å². The molecular formula is C22H26N2O4. The Morgan fingerprint density at radius 3 is 2.79 bits per heavy atom. The van der Waals surface area contributed by atoms with Crippen molar-refractivity contribution >= 4 is 17.2 Å². The summed E-state index contributed by atoms with van der Waals surface area (Å²) in [5, 5.41) is 1.21. The van der Waals surface area contributed by atoms with Gasteiger partial charge in [-0.1, -0.05) is 0 Å². The van der Waals surface area contributed by atoms with E-state index >= 15 is 0 Å². The zero-order chi connectivity index (χ0) is 19.4. The Bertz CT molecular complexity index is 963. The summed E-state index contributed by atoms with van der Waals surface area (Å²) < 4.78 is 16.7. The lowest BCUT2D eigenvalue weighted by molar-refractivity contribution is -0.107. The molecule has 4 heterocycles. The van der Waals surface area contributed by atoms with Crippen molar-refractivity contribution in [2.24, 2.45) is 11.8 Å². The Labute approximate surface area is 164 Å². The summed E-state index contributed by atoms with van der Waals surface area (Å²) in [5.41, 5.74) is 4.53. The van der Waals surface area contributed by atoms with E-state index in [2.05, 4.69) is 22.9 Å². The van der Waals surface area contributed by atoms with E-state index in [1.165, 1.54) is 16.6 Å². The highest BCUT2D eigenvalue weighted by molar-refractivity contribution is 5.88. The van der Waals surface area contributed by atoms with Gasteiger partial charge >= 0.3 is 0 Å². The van der Waals surface area contributed by atoms with Crippen molar-refractivity contribution in [3.63, 3.8) is 0 Å². The molecule has 0 aliphatic carbocycles. The third-order valence-corrected chi connectivity index (χ3v) is 6.89. The predicted molar refractivity (Wildman–Crippen MR) is 106 cm³/mol. The van der Waals surface area contributed by atoms with Crippen LogP contribution in [0.5, 0.6) is 11.5 Å². The number of aldehydes is 1. The summed E-state index contributed by atoms with van der Waals surface area (Å²) in [4.78, 5) is 17.8. The largest absolute Gasteiger partial charge is 0.498 e. The predicted octanol–water partition coefficient (Wildman–Crippen LogP) is 3.22. The zero-order valence-electron chi connectivity index (χ0n) is 16.5. The summed E-state index contributed by atoms with van der Waals surface area (Å²) >= 11 is 0. The van der Waals surface area contributed by atoms with Crippen molar-refractivity contribution in [2.45, 2.75) is 31.9 Å². The minimum absolute atomic E-state index is 0.146. The maximum Gasteiger partial charge on any atom is 0.162 e. The number of H-pyrrole nitrogens is 1. The first-order valence-electron chi connectivity index (χ1n) is 9.95. The average molecular weight is 382 g/mol. The quantitative estimate of drug-likeness (QED) is 0.826. The molecular weight excluding hydrogens is 356 g/mol. The third-order valence-electron chi connectivity index (χ3n) is 6.89. The van der Waals surface area contributed by atoms with Gasteiger partial charge in [0.15, 0.2) is 11.5 Å². The van der Waals surface area contributed by atoms with Crippen LogP contribution in [0.1, 0.15) is 30.6 Å². The van der Waals surface area contributed by atoms with E-state index in [9.17, 15) is 4.79 Å². The lowest BCUT2D eigenvalue weighted by Crippen LogP contribution is -2.50. The van der Waals surface area contributed by atoms with Crippen LogP contribution in [0.25, 0.3) is 10.9 Å². The minimum atomic E-state index is 0.146.